The summed E-state index contributed by atoms with van der Waals surface area (Å²) >= 11 is 0. The molecular formula is C51H81N5O14. The monoisotopic (exact) mass is 988 g/mol. The lowest BCUT2D eigenvalue weighted by molar-refractivity contribution is -0.309. The standard InChI is InChI=1S/C51H81N5O14/c1-28-24-50(9,65-12)46(31(4)43(68-41-25-49(8,64-11)45(60)34(7)67-41)32(5)48(61)70-47-33(6)51(47,62)44(59)30(3)42(28)58)69-40-23-37(22-29(2)66-40)55(10)26-35-17-19-36(20-18-35)38-27-56(54-52-38)21-15-13-14-16-39(57)53-63/h17-20,27-34,37,40-41,43-47,59-60,62-63H,13-16,21-26H2,1-12H3,(H,53,57)/t28-,29-,30+,31+,32-,33?,34+,37+,40?,41?,43-,44-,45+,46-,47?,49-,50+,51+/m1/s1. The molecule has 2 aromatic rings. The highest BCUT2D eigenvalue weighted by atomic mass is 16.7. The van der Waals surface area contributed by atoms with Gasteiger partial charge in [0.2, 0.25) is 5.91 Å². The SMILES string of the molecule is CO[C@]1(C)CC(O[C@@H]2[C@H](C)[C@@H](OC3C[C@@H](N(C)Cc4ccc(-c5cn(CCCCCC(=O)NO)nn5)cc4)C[C@@H](C)O3)[C@@](C)(OC)C[C@@H](C)C(=O)[C@H](C)[C@@H](O)[C@@]3(O)C(C)C3OC(=O)[C@@H]2C)O[C@@H](C)[C@@H]1O. The molecule has 1 aromatic carbocycles. The van der Waals surface area contributed by atoms with Crippen molar-refractivity contribution in [3.8, 4) is 11.3 Å². The maximum atomic E-state index is 14.3. The van der Waals surface area contributed by atoms with Crippen LogP contribution >= 0.6 is 0 Å². The minimum atomic E-state index is -1.82. The zero-order valence-electron chi connectivity index (χ0n) is 43.3. The number of unbranched alkanes of at least 4 members (excludes halogenated alkanes) is 2. The van der Waals surface area contributed by atoms with Gasteiger partial charge in [-0.25, -0.2) is 5.48 Å². The van der Waals surface area contributed by atoms with E-state index >= 15 is 0 Å². The molecule has 70 heavy (non-hydrogen) atoms. The molecule has 1 amide bonds. The molecule has 18 atom stereocenters. The number of carbonyl (C=O) groups excluding carboxylic acids is 3. The van der Waals surface area contributed by atoms with E-state index in [1.165, 1.54) is 7.11 Å². The Bertz CT molecular complexity index is 2060. The van der Waals surface area contributed by atoms with Crippen molar-refractivity contribution >= 4 is 17.7 Å². The quantitative estimate of drug-likeness (QED) is 0.0669. The summed E-state index contributed by atoms with van der Waals surface area (Å²) in [5.74, 6) is -5.23. The third-order valence-electron chi connectivity index (χ3n) is 16.1. The van der Waals surface area contributed by atoms with E-state index in [0.717, 1.165) is 36.1 Å². The van der Waals surface area contributed by atoms with Crippen LogP contribution in [0.4, 0.5) is 0 Å². The van der Waals surface area contributed by atoms with Gasteiger partial charge in [-0.15, -0.1) is 5.10 Å². The number of aliphatic hydroxyl groups is 3. The smallest absolute Gasteiger partial charge is 0.311 e. The molecule has 3 saturated heterocycles. The van der Waals surface area contributed by atoms with E-state index in [2.05, 4.69) is 34.4 Å². The lowest BCUT2D eigenvalue weighted by Crippen LogP contribution is -2.59. The Labute approximate surface area is 413 Å². The molecule has 0 radical (unpaired) electrons. The van der Waals surface area contributed by atoms with Crippen molar-refractivity contribution in [3.05, 3.63) is 36.0 Å². The normalized spacial score (nSPS) is 39.8. The van der Waals surface area contributed by atoms with Gasteiger partial charge >= 0.3 is 5.97 Å². The van der Waals surface area contributed by atoms with Gasteiger partial charge in [-0.2, -0.15) is 0 Å². The molecule has 19 heteroatoms. The highest BCUT2D eigenvalue weighted by molar-refractivity contribution is 5.84. The van der Waals surface area contributed by atoms with Crippen LogP contribution in [0.25, 0.3) is 11.3 Å². The minimum Gasteiger partial charge on any atom is -0.458 e. The number of rotatable bonds is 16. The van der Waals surface area contributed by atoms with Crippen LogP contribution in [0.5, 0.6) is 0 Å². The van der Waals surface area contributed by atoms with Gasteiger partial charge in [-0.05, 0) is 72.9 Å². The number of esters is 1. The number of fused-ring (bicyclic) bond motifs is 1. The number of aryl methyl sites for hydroxylation is 1. The molecule has 4 unspecified atom stereocenters. The molecule has 5 N–H and O–H groups in total. The molecule has 19 nitrogen and oxygen atoms in total. The van der Waals surface area contributed by atoms with Crippen molar-refractivity contribution in [1.82, 2.24) is 25.4 Å². The first-order valence-corrected chi connectivity index (χ1v) is 25.2. The van der Waals surface area contributed by atoms with Gasteiger partial charge in [-0.1, -0.05) is 63.6 Å². The van der Waals surface area contributed by atoms with Crippen molar-refractivity contribution in [2.24, 2.45) is 29.6 Å². The Kier molecular flexibility index (Phi) is 18.5. The highest BCUT2D eigenvalue weighted by Crippen LogP contribution is 2.52. The summed E-state index contributed by atoms with van der Waals surface area (Å²) in [4.78, 5) is 42.1. The molecule has 0 bridgehead atoms. The Balaban J connectivity index is 1.23. The minimum absolute atomic E-state index is 0.0345. The predicted molar refractivity (Wildman–Crippen MR) is 254 cm³/mol. The lowest BCUT2D eigenvalue weighted by Gasteiger charge is -2.49. The Morgan fingerprint density at radius 1 is 0.886 bits per heavy atom. The molecule has 1 aromatic heterocycles. The number of carbonyl (C=O) groups is 3. The molecule has 6 rings (SSSR count). The number of nitrogens with one attached hydrogen (secondary N) is 1. The number of hydroxylamine groups is 1. The summed E-state index contributed by atoms with van der Waals surface area (Å²) in [6.07, 6.45) is -1.83. The average Bonchev–Trinajstić information content (AvgIpc) is 3.59. The molecule has 1 saturated carbocycles. The van der Waals surface area contributed by atoms with Gasteiger partial charge in [0.25, 0.3) is 0 Å². The van der Waals surface area contributed by atoms with E-state index in [4.69, 9.17) is 38.4 Å². The number of hydrogen-bond acceptors (Lipinski definition) is 17. The fourth-order valence-electron chi connectivity index (χ4n) is 11.2. The molecule has 4 fully saturated rings. The Morgan fingerprint density at radius 2 is 1.57 bits per heavy atom. The Hall–Kier alpha value is -3.47. The number of ether oxygens (including phenoxy) is 7. The topological polar surface area (TPSA) is 243 Å². The van der Waals surface area contributed by atoms with Crippen LogP contribution in [0.2, 0.25) is 0 Å². The number of nitrogens with zero attached hydrogens (tertiary/aromatic N) is 4. The molecule has 4 aliphatic rings. The molecule has 0 spiro atoms. The number of aliphatic hydroxyl groups excluding tert-OH is 2. The number of ketones is 1. The second kappa shape index (κ2) is 23.2. The largest absolute Gasteiger partial charge is 0.458 e. The van der Waals surface area contributed by atoms with Crippen molar-refractivity contribution < 1.29 is 68.1 Å². The second-order valence-electron chi connectivity index (χ2n) is 21.4. The molecular weight excluding hydrogens is 907 g/mol. The van der Waals surface area contributed by atoms with Gasteiger partial charge in [0.1, 0.15) is 29.3 Å². The van der Waals surface area contributed by atoms with Crippen LogP contribution in [0, 0.1) is 29.6 Å². The summed E-state index contributed by atoms with van der Waals surface area (Å²) in [6, 6.07) is 8.27. The van der Waals surface area contributed by atoms with Gasteiger partial charge < -0.3 is 48.5 Å². The van der Waals surface area contributed by atoms with E-state index in [0.29, 0.717) is 25.9 Å². The number of benzene rings is 1. The number of hydrogen-bond donors (Lipinski definition) is 5. The summed E-state index contributed by atoms with van der Waals surface area (Å²) in [5.41, 5.74) is 0.415. The summed E-state index contributed by atoms with van der Waals surface area (Å²) in [5, 5.41) is 51.6. The Morgan fingerprint density at radius 3 is 2.23 bits per heavy atom. The maximum absolute atomic E-state index is 14.3. The molecule has 1 aliphatic carbocycles. The van der Waals surface area contributed by atoms with Crippen molar-refractivity contribution in [1.29, 1.82) is 0 Å². The van der Waals surface area contributed by atoms with Crippen molar-refractivity contribution in [2.75, 3.05) is 21.3 Å². The van der Waals surface area contributed by atoms with Gasteiger partial charge in [0.15, 0.2) is 12.6 Å². The van der Waals surface area contributed by atoms with Gasteiger partial charge in [0, 0.05) is 81.8 Å². The van der Waals surface area contributed by atoms with E-state index < -0.39 is 102 Å². The molecule has 4 heterocycles. The zero-order chi connectivity index (χ0) is 51.5. The van der Waals surface area contributed by atoms with E-state index in [-0.39, 0.29) is 43.1 Å². The van der Waals surface area contributed by atoms with Gasteiger partial charge in [0.05, 0.1) is 53.8 Å². The highest BCUT2D eigenvalue weighted by Gasteiger charge is 2.70. The van der Waals surface area contributed by atoms with E-state index in [1.54, 1.807) is 58.8 Å². The van der Waals surface area contributed by atoms with Gasteiger partial charge in [-0.3, -0.25) is 29.2 Å². The van der Waals surface area contributed by atoms with Crippen LogP contribution in [0.1, 0.15) is 119 Å². The average molecular weight is 988 g/mol. The first-order valence-electron chi connectivity index (χ1n) is 25.2. The van der Waals surface area contributed by atoms with Crippen molar-refractivity contribution in [2.45, 2.75) is 205 Å². The number of methoxy groups -OCH3 is 2. The first kappa shape index (κ1) is 55.8. The summed E-state index contributed by atoms with van der Waals surface area (Å²) in [7, 11) is 5.16. The van der Waals surface area contributed by atoms with E-state index in [1.807, 2.05) is 39.1 Å². The third kappa shape index (κ3) is 12.3. The summed E-state index contributed by atoms with van der Waals surface area (Å²) < 4.78 is 46.9. The first-order chi connectivity index (χ1) is 33.0. The van der Waals surface area contributed by atoms with E-state index in [9.17, 15) is 29.7 Å². The number of aromatic nitrogens is 3. The second-order valence-corrected chi connectivity index (χ2v) is 21.4. The number of Topliss-reactive ketones (excluding diaryl/α,β-unsaturated/α-hetero) is 1. The fraction of sp³-hybridized carbons (Fsp3) is 0.784. The van der Waals surface area contributed by atoms with Crippen LogP contribution in [-0.2, 0) is 60.6 Å². The number of amides is 1. The maximum Gasteiger partial charge on any atom is 0.311 e. The predicted octanol–water partition coefficient (Wildman–Crippen LogP) is 4.58. The van der Waals surface area contributed by atoms with Crippen molar-refractivity contribution in [3.63, 3.8) is 0 Å². The lowest BCUT2D eigenvalue weighted by atomic mass is 9.75. The fourth-order valence-corrected chi connectivity index (χ4v) is 11.2. The third-order valence-corrected chi connectivity index (χ3v) is 16.1. The molecule has 394 valence electrons. The summed E-state index contributed by atoms with van der Waals surface area (Å²) in [6.45, 7) is 17.4. The van der Waals surface area contributed by atoms with Crippen LogP contribution in [-0.4, -0.2) is 158 Å². The zero-order valence-corrected chi connectivity index (χ0v) is 43.3. The van der Waals surface area contributed by atoms with Crippen LogP contribution < -0.4 is 5.48 Å². The van der Waals surface area contributed by atoms with Crippen LogP contribution in [0.15, 0.2) is 30.5 Å². The van der Waals surface area contributed by atoms with Crippen LogP contribution in [0.3, 0.4) is 0 Å². The molecule has 3 aliphatic heterocycles.